The van der Waals surface area contributed by atoms with Crippen molar-refractivity contribution in [3.8, 4) is 16.9 Å². The lowest BCUT2D eigenvalue weighted by Gasteiger charge is -2.08. The highest BCUT2D eigenvalue weighted by molar-refractivity contribution is 6.02. The van der Waals surface area contributed by atoms with E-state index >= 15 is 0 Å². The number of hydrogen-bond donors (Lipinski definition) is 1. The summed E-state index contributed by atoms with van der Waals surface area (Å²) in [6.07, 6.45) is 5.33. The van der Waals surface area contributed by atoms with Crippen LogP contribution in [0.2, 0.25) is 0 Å². The number of para-hydroxylation sites is 1. The lowest BCUT2D eigenvalue weighted by molar-refractivity contribution is -0.111. The summed E-state index contributed by atoms with van der Waals surface area (Å²) < 4.78 is 1.84. The van der Waals surface area contributed by atoms with E-state index in [-0.39, 0.29) is 5.91 Å². The van der Waals surface area contributed by atoms with Gasteiger partial charge in [0.2, 0.25) is 5.91 Å². The SMILES string of the molecule is Cc1ccc(-c2nn(-c3ccccc3)cc2/C=C/C(=O)Nc2cccc(C)c2C)cc1. The normalized spacial score (nSPS) is 11.1. The molecule has 4 aromatic rings. The molecule has 3 aromatic carbocycles. The fourth-order valence-electron chi connectivity index (χ4n) is 3.38. The molecular formula is C27H25N3O. The zero-order chi connectivity index (χ0) is 21.8. The maximum atomic E-state index is 12.6. The molecular weight excluding hydrogens is 382 g/mol. The molecule has 4 rings (SSSR count). The minimum atomic E-state index is -0.170. The van der Waals surface area contributed by atoms with Crippen molar-refractivity contribution in [2.24, 2.45) is 0 Å². The van der Waals surface area contributed by atoms with Crippen LogP contribution in [0.15, 0.2) is 85.1 Å². The van der Waals surface area contributed by atoms with Gasteiger partial charge in [-0.1, -0.05) is 60.2 Å². The third kappa shape index (κ3) is 4.64. The molecule has 0 unspecified atom stereocenters. The Kier molecular flexibility index (Phi) is 5.80. The molecule has 0 aliphatic rings. The lowest BCUT2D eigenvalue weighted by Crippen LogP contribution is -2.09. The topological polar surface area (TPSA) is 46.9 Å². The lowest BCUT2D eigenvalue weighted by atomic mass is 10.1. The smallest absolute Gasteiger partial charge is 0.248 e. The molecule has 0 aliphatic carbocycles. The fraction of sp³-hybridized carbons (Fsp3) is 0.111. The number of anilines is 1. The van der Waals surface area contributed by atoms with Crippen LogP contribution in [0.4, 0.5) is 5.69 Å². The fourth-order valence-corrected chi connectivity index (χ4v) is 3.38. The number of hydrogen-bond acceptors (Lipinski definition) is 2. The predicted octanol–water partition coefficient (Wildman–Crippen LogP) is 6.12. The van der Waals surface area contributed by atoms with Gasteiger partial charge in [0, 0.05) is 29.1 Å². The van der Waals surface area contributed by atoms with E-state index in [0.29, 0.717) is 0 Å². The first-order chi connectivity index (χ1) is 15.0. The van der Waals surface area contributed by atoms with E-state index < -0.39 is 0 Å². The number of rotatable bonds is 5. The highest BCUT2D eigenvalue weighted by atomic mass is 16.1. The summed E-state index contributed by atoms with van der Waals surface area (Å²) in [4.78, 5) is 12.6. The third-order valence-electron chi connectivity index (χ3n) is 5.37. The first kappa shape index (κ1) is 20.4. The Morgan fingerprint density at radius 3 is 2.39 bits per heavy atom. The molecule has 1 N–H and O–H groups in total. The van der Waals surface area contributed by atoms with Crippen molar-refractivity contribution < 1.29 is 4.79 Å². The Morgan fingerprint density at radius 1 is 0.903 bits per heavy atom. The molecule has 0 fully saturated rings. The summed E-state index contributed by atoms with van der Waals surface area (Å²) in [5.74, 6) is -0.170. The number of amides is 1. The van der Waals surface area contributed by atoms with Gasteiger partial charge in [0.1, 0.15) is 0 Å². The maximum absolute atomic E-state index is 12.6. The predicted molar refractivity (Wildman–Crippen MR) is 127 cm³/mol. The molecule has 154 valence electrons. The van der Waals surface area contributed by atoms with Crippen molar-refractivity contribution in [2.75, 3.05) is 5.32 Å². The standard InChI is InChI=1S/C27H25N3O/c1-19-12-14-22(15-13-19)27-23(18-30(29-27)24-9-5-4-6-10-24)16-17-26(31)28-25-11-7-8-20(2)21(25)3/h4-18H,1-3H3,(H,28,31)/b17-16+. The Bertz CT molecular complexity index is 1240. The number of aromatic nitrogens is 2. The number of benzene rings is 3. The number of carbonyl (C=O) groups is 1. The van der Waals surface area contributed by atoms with E-state index in [4.69, 9.17) is 5.10 Å². The van der Waals surface area contributed by atoms with Crippen LogP contribution in [0.25, 0.3) is 23.0 Å². The van der Waals surface area contributed by atoms with Crippen LogP contribution in [-0.2, 0) is 4.79 Å². The van der Waals surface area contributed by atoms with E-state index in [9.17, 15) is 4.79 Å². The van der Waals surface area contributed by atoms with E-state index in [1.807, 2.05) is 79.3 Å². The van der Waals surface area contributed by atoms with E-state index in [1.54, 1.807) is 6.08 Å². The number of carbonyl (C=O) groups excluding carboxylic acids is 1. The average molecular weight is 408 g/mol. The van der Waals surface area contributed by atoms with Gasteiger partial charge in [-0.2, -0.15) is 5.10 Å². The van der Waals surface area contributed by atoms with Gasteiger partial charge >= 0.3 is 0 Å². The average Bonchev–Trinajstić information content (AvgIpc) is 3.21. The second kappa shape index (κ2) is 8.84. The summed E-state index contributed by atoms with van der Waals surface area (Å²) in [7, 11) is 0. The van der Waals surface area contributed by atoms with Gasteiger partial charge in [-0.3, -0.25) is 4.79 Å². The van der Waals surface area contributed by atoms with Gasteiger partial charge in [-0.15, -0.1) is 0 Å². The van der Waals surface area contributed by atoms with Crippen molar-refractivity contribution in [2.45, 2.75) is 20.8 Å². The molecule has 1 heterocycles. The first-order valence-electron chi connectivity index (χ1n) is 10.3. The molecule has 0 saturated carbocycles. The molecule has 1 amide bonds. The zero-order valence-corrected chi connectivity index (χ0v) is 18.0. The van der Waals surface area contributed by atoms with Crippen LogP contribution in [0.5, 0.6) is 0 Å². The molecule has 4 heteroatoms. The monoisotopic (exact) mass is 407 g/mol. The molecule has 0 atom stereocenters. The van der Waals surface area contributed by atoms with E-state index in [2.05, 4.69) is 36.5 Å². The summed E-state index contributed by atoms with van der Waals surface area (Å²) in [6, 6.07) is 24.1. The largest absolute Gasteiger partial charge is 0.322 e. The molecule has 31 heavy (non-hydrogen) atoms. The number of nitrogens with one attached hydrogen (secondary N) is 1. The molecule has 1 aromatic heterocycles. The van der Waals surface area contributed by atoms with Crippen LogP contribution in [0.1, 0.15) is 22.3 Å². The van der Waals surface area contributed by atoms with Gasteiger partial charge in [-0.05, 0) is 56.2 Å². The van der Waals surface area contributed by atoms with Crippen LogP contribution in [0.3, 0.4) is 0 Å². The third-order valence-corrected chi connectivity index (χ3v) is 5.37. The van der Waals surface area contributed by atoms with Crippen LogP contribution in [0, 0.1) is 20.8 Å². The summed E-state index contributed by atoms with van der Waals surface area (Å²) >= 11 is 0. The molecule has 4 nitrogen and oxygen atoms in total. The summed E-state index contributed by atoms with van der Waals surface area (Å²) in [6.45, 7) is 6.10. The van der Waals surface area contributed by atoms with Crippen molar-refractivity contribution in [1.82, 2.24) is 9.78 Å². The second-order valence-corrected chi connectivity index (χ2v) is 7.65. The van der Waals surface area contributed by atoms with Crippen molar-refractivity contribution in [1.29, 1.82) is 0 Å². The summed E-state index contributed by atoms with van der Waals surface area (Å²) in [5.41, 5.74) is 7.92. The van der Waals surface area contributed by atoms with Crippen LogP contribution in [-0.4, -0.2) is 15.7 Å². The van der Waals surface area contributed by atoms with Gasteiger partial charge < -0.3 is 5.32 Å². The Balaban J connectivity index is 1.66. The highest BCUT2D eigenvalue weighted by Gasteiger charge is 2.11. The van der Waals surface area contributed by atoms with E-state index in [0.717, 1.165) is 39.3 Å². The zero-order valence-electron chi connectivity index (χ0n) is 18.0. The quantitative estimate of drug-likeness (QED) is 0.405. The van der Waals surface area contributed by atoms with Crippen molar-refractivity contribution in [3.63, 3.8) is 0 Å². The first-order valence-corrected chi connectivity index (χ1v) is 10.3. The number of aryl methyl sites for hydroxylation is 2. The minimum Gasteiger partial charge on any atom is -0.322 e. The van der Waals surface area contributed by atoms with Gasteiger partial charge in [-0.25, -0.2) is 4.68 Å². The Labute approximate surface area is 182 Å². The van der Waals surface area contributed by atoms with Crippen LogP contribution < -0.4 is 5.32 Å². The molecule has 0 saturated heterocycles. The van der Waals surface area contributed by atoms with Gasteiger partial charge in [0.25, 0.3) is 0 Å². The van der Waals surface area contributed by atoms with Gasteiger partial charge in [0.05, 0.1) is 11.4 Å². The Morgan fingerprint density at radius 2 is 1.65 bits per heavy atom. The molecule has 0 spiro atoms. The van der Waals surface area contributed by atoms with Crippen molar-refractivity contribution in [3.05, 3.63) is 107 Å². The second-order valence-electron chi connectivity index (χ2n) is 7.65. The maximum Gasteiger partial charge on any atom is 0.248 e. The van der Waals surface area contributed by atoms with Crippen LogP contribution >= 0.6 is 0 Å². The van der Waals surface area contributed by atoms with Gasteiger partial charge in [0.15, 0.2) is 0 Å². The Hall–Kier alpha value is -3.92. The highest BCUT2D eigenvalue weighted by Crippen LogP contribution is 2.25. The molecule has 0 radical (unpaired) electrons. The molecule has 0 bridgehead atoms. The number of nitrogens with zero attached hydrogens (tertiary/aromatic N) is 2. The minimum absolute atomic E-state index is 0.170. The summed E-state index contributed by atoms with van der Waals surface area (Å²) in [5, 5.41) is 7.78. The van der Waals surface area contributed by atoms with Crippen molar-refractivity contribution >= 4 is 17.7 Å². The molecule has 0 aliphatic heterocycles. The van der Waals surface area contributed by atoms with E-state index in [1.165, 1.54) is 5.56 Å².